The third-order valence-corrected chi connectivity index (χ3v) is 5.98. The quantitative estimate of drug-likeness (QED) is 0.734. The number of nitrogens with zero attached hydrogens (tertiary/aromatic N) is 3. The van der Waals surface area contributed by atoms with Crippen LogP contribution in [0, 0.1) is 0 Å². The number of carbonyl (C=O) groups excluding carboxylic acids is 2. The van der Waals surface area contributed by atoms with Crippen molar-refractivity contribution in [3.05, 3.63) is 0 Å². The minimum atomic E-state index is -0.221. The SMILES string of the molecule is O=C(N1CCCC1)N1CC[C@]2(C[C@@H](N3CCCC3=O)CCO2)C1. The van der Waals surface area contributed by atoms with Gasteiger partial charge in [0.05, 0.1) is 12.1 Å². The number of carbonyl (C=O) groups is 2. The number of ether oxygens (including phenoxy) is 1. The second kappa shape index (κ2) is 5.96. The zero-order valence-electron chi connectivity index (χ0n) is 13.8. The number of likely N-dealkylation sites (tertiary alicyclic amines) is 3. The molecule has 4 aliphatic heterocycles. The van der Waals surface area contributed by atoms with Crippen LogP contribution in [0.3, 0.4) is 0 Å². The number of hydrogen-bond donors (Lipinski definition) is 0. The van der Waals surface area contributed by atoms with E-state index in [4.69, 9.17) is 4.74 Å². The van der Waals surface area contributed by atoms with Crippen molar-refractivity contribution in [1.82, 2.24) is 14.7 Å². The summed E-state index contributed by atoms with van der Waals surface area (Å²) in [7, 11) is 0. The van der Waals surface area contributed by atoms with Crippen LogP contribution in [0.5, 0.6) is 0 Å². The van der Waals surface area contributed by atoms with Crippen LogP contribution in [0.1, 0.15) is 44.9 Å². The van der Waals surface area contributed by atoms with Crippen molar-refractivity contribution in [2.24, 2.45) is 0 Å². The van der Waals surface area contributed by atoms with Crippen molar-refractivity contribution in [2.45, 2.75) is 56.6 Å². The van der Waals surface area contributed by atoms with Gasteiger partial charge < -0.3 is 19.4 Å². The number of rotatable bonds is 1. The maximum absolute atomic E-state index is 12.6. The van der Waals surface area contributed by atoms with Crippen LogP contribution in [0.25, 0.3) is 0 Å². The molecule has 0 N–H and O–H groups in total. The Bertz CT molecular complexity index is 491. The van der Waals surface area contributed by atoms with Gasteiger partial charge in [-0.2, -0.15) is 0 Å². The second-order valence-electron chi connectivity index (χ2n) is 7.52. The van der Waals surface area contributed by atoms with Crippen LogP contribution in [0.15, 0.2) is 0 Å². The third kappa shape index (κ3) is 2.82. The summed E-state index contributed by atoms with van der Waals surface area (Å²) in [6.07, 6.45) is 6.68. The predicted molar refractivity (Wildman–Crippen MR) is 85.0 cm³/mol. The van der Waals surface area contributed by atoms with Crippen molar-refractivity contribution in [3.63, 3.8) is 0 Å². The molecule has 6 nitrogen and oxygen atoms in total. The molecule has 23 heavy (non-hydrogen) atoms. The molecular formula is C17H27N3O3. The van der Waals surface area contributed by atoms with E-state index in [1.807, 2.05) is 9.80 Å². The number of amides is 3. The van der Waals surface area contributed by atoms with Crippen molar-refractivity contribution < 1.29 is 14.3 Å². The summed E-state index contributed by atoms with van der Waals surface area (Å²) in [5.41, 5.74) is -0.221. The smallest absolute Gasteiger partial charge is 0.320 e. The van der Waals surface area contributed by atoms with Gasteiger partial charge in [0.1, 0.15) is 0 Å². The molecule has 4 aliphatic rings. The Balaban J connectivity index is 1.40. The Hall–Kier alpha value is -1.30. The summed E-state index contributed by atoms with van der Waals surface area (Å²) >= 11 is 0. The molecule has 4 rings (SSSR count). The molecule has 4 fully saturated rings. The van der Waals surface area contributed by atoms with Crippen molar-refractivity contribution in [2.75, 3.05) is 39.3 Å². The second-order valence-corrected chi connectivity index (χ2v) is 7.52. The molecule has 6 heteroatoms. The fourth-order valence-electron chi connectivity index (χ4n) is 4.72. The average molecular weight is 321 g/mol. The van der Waals surface area contributed by atoms with Gasteiger partial charge in [0, 0.05) is 45.2 Å². The maximum Gasteiger partial charge on any atom is 0.320 e. The van der Waals surface area contributed by atoms with Gasteiger partial charge in [0.2, 0.25) is 5.91 Å². The Kier molecular flexibility index (Phi) is 3.95. The van der Waals surface area contributed by atoms with Gasteiger partial charge in [-0.3, -0.25) is 4.79 Å². The molecule has 2 atom stereocenters. The van der Waals surface area contributed by atoms with Crippen molar-refractivity contribution in [3.8, 4) is 0 Å². The van der Waals surface area contributed by atoms with Crippen LogP contribution >= 0.6 is 0 Å². The molecule has 0 aromatic heterocycles. The highest BCUT2D eigenvalue weighted by Gasteiger charge is 2.47. The van der Waals surface area contributed by atoms with Gasteiger partial charge in [-0.15, -0.1) is 0 Å². The van der Waals surface area contributed by atoms with Crippen molar-refractivity contribution >= 4 is 11.9 Å². The van der Waals surface area contributed by atoms with E-state index in [0.29, 0.717) is 31.5 Å². The molecule has 0 radical (unpaired) electrons. The summed E-state index contributed by atoms with van der Waals surface area (Å²) < 4.78 is 6.14. The van der Waals surface area contributed by atoms with Crippen LogP contribution in [-0.4, -0.2) is 77.6 Å². The zero-order chi connectivity index (χ0) is 15.9. The lowest BCUT2D eigenvalue weighted by Gasteiger charge is -2.41. The summed E-state index contributed by atoms with van der Waals surface area (Å²) in [5.74, 6) is 0.301. The van der Waals surface area contributed by atoms with Crippen LogP contribution < -0.4 is 0 Å². The lowest BCUT2D eigenvalue weighted by atomic mass is 9.89. The van der Waals surface area contributed by atoms with Gasteiger partial charge in [-0.05, 0) is 38.5 Å². The van der Waals surface area contributed by atoms with Crippen LogP contribution in [-0.2, 0) is 9.53 Å². The van der Waals surface area contributed by atoms with Gasteiger partial charge in [-0.1, -0.05) is 0 Å². The summed E-state index contributed by atoms with van der Waals surface area (Å²) in [6.45, 7) is 4.88. The van der Waals surface area contributed by atoms with E-state index < -0.39 is 0 Å². The van der Waals surface area contributed by atoms with Crippen molar-refractivity contribution in [1.29, 1.82) is 0 Å². The topological polar surface area (TPSA) is 53.1 Å². The molecule has 0 bridgehead atoms. The fourth-order valence-corrected chi connectivity index (χ4v) is 4.72. The first-order valence-corrected chi connectivity index (χ1v) is 9.14. The minimum Gasteiger partial charge on any atom is -0.373 e. The normalized spacial score (nSPS) is 34.9. The highest BCUT2D eigenvalue weighted by molar-refractivity contribution is 5.78. The highest BCUT2D eigenvalue weighted by Crippen LogP contribution is 2.37. The first kappa shape index (κ1) is 15.2. The van der Waals surface area contributed by atoms with E-state index in [0.717, 1.165) is 64.7 Å². The Morgan fingerprint density at radius 1 is 1.09 bits per heavy atom. The molecule has 4 heterocycles. The fraction of sp³-hybridized carbons (Fsp3) is 0.882. The van der Waals surface area contributed by atoms with E-state index in [1.54, 1.807) is 0 Å². The summed E-state index contributed by atoms with van der Waals surface area (Å²) in [5, 5.41) is 0. The molecular weight excluding hydrogens is 294 g/mol. The maximum atomic E-state index is 12.6. The van der Waals surface area contributed by atoms with E-state index in [9.17, 15) is 9.59 Å². The molecule has 0 unspecified atom stereocenters. The molecule has 4 saturated heterocycles. The van der Waals surface area contributed by atoms with Gasteiger partial charge in [0.15, 0.2) is 0 Å². The van der Waals surface area contributed by atoms with E-state index in [-0.39, 0.29) is 11.6 Å². The zero-order valence-corrected chi connectivity index (χ0v) is 13.8. The van der Waals surface area contributed by atoms with Crippen LogP contribution in [0.2, 0.25) is 0 Å². The van der Waals surface area contributed by atoms with Gasteiger partial charge in [-0.25, -0.2) is 4.79 Å². The summed E-state index contributed by atoms with van der Waals surface area (Å²) in [4.78, 5) is 30.6. The Labute approximate surface area is 137 Å². The molecule has 128 valence electrons. The minimum absolute atomic E-state index is 0.183. The standard InChI is InChI=1S/C17H27N3O3/c21-15-4-3-9-20(15)14-5-11-23-17(12-14)6-10-19(13-17)16(22)18-7-1-2-8-18/h14H,1-13H2/t14-,17-/m0/s1. The third-order valence-electron chi connectivity index (χ3n) is 5.98. The van der Waals surface area contributed by atoms with E-state index >= 15 is 0 Å². The predicted octanol–water partition coefficient (Wildman–Crippen LogP) is 1.45. The first-order valence-electron chi connectivity index (χ1n) is 9.14. The first-order chi connectivity index (χ1) is 11.2. The number of urea groups is 1. The average Bonchev–Trinajstić information content (AvgIpc) is 3.28. The molecule has 0 aromatic rings. The molecule has 3 amide bonds. The van der Waals surface area contributed by atoms with Gasteiger partial charge in [0.25, 0.3) is 0 Å². The molecule has 0 saturated carbocycles. The lowest BCUT2D eigenvalue weighted by molar-refractivity contribution is -0.137. The van der Waals surface area contributed by atoms with Gasteiger partial charge >= 0.3 is 6.03 Å². The Morgan fingerprint density at radius 3 is 2.65 bits per heavy atom. The highest BCUT2D eigenvalue weighted by atomic mass is 16.5. The lowest BCUT2D eigenvalue weighted by Crippen LogP contribution is -2.51. The van der Waals surface area contributed by atoms with Crippen LogP contribution in [0.4, 0.5) is 4.79 Å². The molecule has 0 aromatic carbocycles. The van der Waals surface area contributed by atoms with E-state index in [2.05, 4.69) is 4.90 Å². The molecule has 1 spiro atoms. The van der Waals surface area contributed by atoms with E-state index in [1.165, 1.54) is 0 Å². The summed E-state index contributed by atoms with van der Waals surface area (Å²) in [6, 6.07) is 0.489. The monoisotopic (exact) mass is 321 g/mol. The Morgan fingerprint density at radius 2 is 1.91 bits per heavy atom. The molecule has 0 aliphatic carbocycles. The largest absolute Gasteiger partial charge is 0.373 e. The number of hydrogen-bond acceptors (Lipinski definition) is 3.